The molecule has 0 spiro atoms. The average Bonchev–Trinajstić information content (AvgIpc) is 2.64. The number of nitrogens with one attached hydrogen (secondary N) is 1. The van der Waals surface area contributed by atoms with Crippen LogP contribution in [0.3, 0.4) is 0 Å². The van der Waals surface area contributed by atoms with E-state index in [-0.39, 0.29) is 18.2 Å². The fourth-order valence-electron chi connectivity index (χ4n) is 0.994. The van der Waals surface area contributed by atoms with E-state index in [1.54, 1.807) is 18.4 Å². The third-order valence-electron chi connectivity index (χ3n) is 1.73. The van der Waals surface area contributed by atoms with E-state index in [1.807, 2.05) is 0 Å². The van der Waals surface area contributed by atoms with E-state index in [0.29, 0.717) is 17.0 Å². The van der Waals surface area contributed by atoms with Crippen molar-refractivity contribution in [2.45, 2.75) is 13.3 Å². The first kappa shape index (κ1) is 10.9. The molecule has 76 valence electrons. The van der Waals surface area contributed by atoms with E-state index in [4.69, 9.17) is 5.73 Å². The monoisotopic (exact) mass is 212 g/mol. The summed E-state index contributed by atoms with van der Waals surface area (Å²) >= 11 is 1.33. The second-order valence-corrected chi connectivity index (χ2v) is 3.61. The zero-order valence-corrected chi connectivity index (χ0v) is 8.69. The molecule has 0 fully saturated rings. The number of nitrogens with two attached hydrogens (primary N) is 1. The van der Waals surface area contributed by atoms with E-state index >= 15 is 0 Å². The summed E-state index contributed by atoms with van der Waals surface area (Å²) in [5.41, 5.74) is 5.72. The van der Waals surface area contributed by atoms with Crippen LogP contribution < -0.4 is 11.1 Å². The van der Waals surface area contributed by atoms with Crippen molar-refractivity contribution in [1.29, 1.82) is 0 Å². The maximum atomic E-state index is 11.4. The highest BCUT2D eigenvalue weighted by Crippen LogP contribution is 2.24. The summed E-state index contributed by atoms with van der Waals surface area (Å²) in [6.45, 7) is 1.71. The van der Waals surface area contributed by atoms with Crippen LogP contribution in [0.1, 0.15) is 23.7 Å². The van der Waals surface area contributed by atoms with Crippen molar-refractivity contribution in [1.82, 2.24) is 0 Å². The van der Waals surface area contributed by atoms with Gasteiger partial charge in [-0.2, -0.15) is 0 Å². The fraction of sp³-hybridized carbons (Fsp3) is 0.333. The molecular formula is C9H12N2O2S. The molecule has 0 atom stereocenters. The number of thiophene rings is 1. The molecule has 1 rings (SSSR count). The van der Waals surface area contributed by atoms with Crippen molar-refractivity contribution >= 4 is 28.0 Å². The van der Waals surface area contributed by atoms with Crippen LogP contribution in [0.4, 0.5) is 5.00 Å². The molecular weight excluding hydrogens is 200 g/mol. The molecule has 14 heavy (non-hydrogen) atoms. The summed E-state index contributed by atoms with van der Waals surface area (Å²) in [4.78, 5) is 22.4. The van der Waals surface area contributed by atoms with Gasteiger partial charge >= 0.3 is 0 Å². The molecule has 1 aromatic rings. The van der Waals surface area contributed by atoms with Crippen LogP contribution in [0.2, 0.25) is 0 Å². The van der Waals surface area contributed by atoms with Crippen molar-refractivity contribution < 1.29 is 9.59 Å². The maximum Gasteiger partial charge on any atom is 0.238 e. The predicted molar refractivity (Wildman–Crippen MR) is 56.6 cm³/mol. The van der Waals surface area contributed by atoms with E-state index in [1.165, 1.54) is 11.3 Å². The summed E-state index contributed by atoms with van der Waals surface area (Å²) < 4.78 is 0. The van der Waals surface area contributed by atoms with Crippen LogP contribution in [0.15, 0.2) is 11.4 Å². The predicted octanol–water partition coefficient (Wildman–Crippen LogP) is 1.24. The summed E-state index contributed by atoms with van der Waals surface area (Å²) in [5, 5.41) is 4.95. The Morgan fingerprint density at radius 1 is 1.57 bits per heavy atom. The Hall–Kier alpha value is -1.20. The number of carbonyl (C=O) groups is 2. The Kier molecular flexibility index (Phi) is 3.79. The quantitative estimate of drug-likeness (QED) is 0.737. The summed E-state index contributed by atoms with van der Waals surface area (Å²) in [5.74, 6) is -0.254. The van der Waals surface area contributed by atoms with Crippen molar-refractivity contribution in [3.8, 4) is 0 Å². The molecule has 1 aromatic heterocycles. The molecule has 1 heterocycles. The average molecular weight is 212 g/mol. The number of carbonyl (C=O) groups excluding carboxylic acids is 2. The van der Waals surface area contributed by atoms with Gasteiger partial charge < -0.3 is 11.1 Å². The van der Waals surface area contributed by atoms with E-state index in [0.717, 1.165) is 0 Å². The molecule has 4 nitrogen and oxygen atoms in total. The zero-order valence-electron chi connectivity index (χ0n) is 7.87. The molecule has 0 aliphatic rings. The first-order valence-corrected chi connectivity index (χ1v) is 5.17. The molecule has 0 radical (unpaired) electrons. The minimum Gasteiger partial charge on any atom is -0.322 e. The molecule has 0 saturated heterocycles. The normalized spacial score (nSPS) is 9.86. The minimum atomic E-state index is -0.280. The van der Waals surface area contributed by atoms with Gasteiger partial charge in [0.15, 0.2) is 5.78 Å². The summed E-state index contributed by atoms with van der Waals surface area (Å²) in [7, 11) is 0. The number of anilines is 1. The Morgan fingerprint density at radius 3 is 2.86 bits per heavy atom. The minimum absolute atomic E-state index is 0.0265. The van der Waals surface area contributed by atoms with Gasteiger partial charge in [-0.15, -0.1) is 11.3 Å². The van der Waals surface area contributed by atoms with E-state index < -0.39 is 0 Å². The standard InChI is InChI=1S/C9H12N2O2S/c1-2-7(12)6-3-4-14-9(6)11-8(13)5-10/h3-4H,2,5,10H2,1H3,(H,11,13). The molecule has 3 N–H and O–H groups in total. The van der Waals surface area contributed by atoms with Gasteiger partial charge in [0.2, 0.25) is 5.91 Å². The molecule has 0 aliphatic heterocycles. The highest BCUT2D eigenvalue weighted by atomic mass is 32.1. The number of Topliss-reactive ketones (excluding diaryl/α,β-unsaturated/α-hetero) is 1. The highest BCUT2D eigenvalue weighted by Gasteiger charge is 2.12. The number of ketones is 1. The Balaban J connectivity index is 2.82. The number of amides is 1. The Labute approximate surface area is 86.1 Å². The Morgan fingerprint density at radius 2 is 2.29 bits per heavy atom. The van der Waals surface area contributed by atoms with Gasteiger partial charge in [0.05, 0.1) is 12.1 Å². The van der Waals surface area contributed by atoms with Crippen LogP contribution in [0, 0.1) is 0 Å². The third-order valence-corrected chi connectivity index (χ3v) is 2.55. The Bertz CT molecular complexity index is 346. The maximum absolute atomic E-state index is 11.4. The first-order chi connectivity index (χ1) is 6.69. The topological polar surface area (TPSA) is 72.2 Å². The second kappa shape index (κ2) is 4.88. The van der Waals surface area contributed by atoms with Crippen molar-refractivity contribution in [3.05, 3.63) is 17.0 Å². The molecule has 0 unspecified atom stereocenters. The largest absolute Gasteiger partial charge is 0.322 e. The van der Waals surface area contributed by atoms with Crippen LogP contribution in [0.25, 0.3) is 0 Å². The lowest BCUT2D eigenvalue weighted by atomic mass is 10.2. The summed E-state index contributed by atoms with van der Waals surface area (Å²) in [6.07, 6.45) is 0.433. The first-order valence-electron chi connectivity index (χ1n) is 4.29. The van der Waals surface area contributed by atoms with Crippen LogP contribution in [-0.2, 0) is 4.79 Å². The van der Waals surface area contributed by atoms with Gasteiger partial charge in [-0.1, -0.05) is 6.92 Å². The molecule has 0 bridgehead atoms. The van der Waals surface area contributed by atoms with Gasteiger partial charge in [0, 0.05) is 6.42 Å². The number of hydrogen-bond acceptors (Lipinski definition) is 4. The highest BCUT2D eigenvalue weighted by molar-refractivity contribution is 7.14. The molecule has 0 saturated carbocycles. The van der Waals surface area contributed by atoms with Gasteiger partial charge in [0.25, 0.3) is 0 Å². The molecule has 0 aromatic carbocycles. The van der Waals surface area contributed by atoms with Crippen LogP contribution in [-0.4, -0.2) is 18.2 Å². The fourth-order valence-corrected chi connectivity index (χ4v) is 1.82. The van der Waals surface area contributed by atoms with Crippen molar-refractivity contribution in [2.75, 3.05) is 11.9 Å². The molecule has 1 amide bonds. The molecule has 0 aliphatic carbocycles. The zero-order chi connectivity index (χ0) is 10.6. The van der Waals surface area contributed by atoms with Gasteiger partial charge in [-0.05, 0) is 11.4 Å². The van der Waals surface area contributed by atoms with E-state index in [9.17, 15) is 9.59 Å². The number of rotatable bonds is 4. The lowest BCUT2D eigenvalue weighted by Gasteiger charge is -2.02. The lowest BCUT2D eigenvalue weighted by Crippen LogP contribution is -2.22. The molecule has 5 heteroatoms. The SMILES string of the molecule is CCC(=O)c1ccsc1NC(=O)CN. The lowest BCUT2D eigenvalue weighted by molar-refractivity contribution is -0.114. The summed E-state index contributed by atoms with van der Waals surface area (Å²) in [6, 6.07) is 1.71. The number of hydrogen-bond donors (Lipinski definition) is 2. The van der Waals surface area contributed by atoms with Crippen molar-refractivity contribution in [3.63, 3.8) is 0 Å². The van der Waals surface area contributed by atoms with Crippen LogP contribution >= 0.6 is 11.3 Å². The second-order valence-electron chi connectivity index (χ2n) is 2.69. The smallest absolute Gasteiger partial charge is 0.238 e. The van der Waals surface area contributed by atoms with Gasteiger partial charge in [0.1, 0.15) is 5.00 Å². The van der Waals surface area contributed by atoms with Gasteiger partial charge in [-0.3, -0.25) is 9.59 Å². The van der Waals surface area contributed by atoms with Crippen LogP contribution in [0.5, 0.6) is 0 Å². The van der Waals surface area contributed by atoms with Gasteiger partial charge in [-0.25, -0.2) is 0 Å². The van der Waals surface area contributed by atoms with Crippen molar-refractivity contribution in [2.24, 2.45) is 5.73 Å². The van der Waals surface area contributed by atoms with E-state index in [2.05, 4.69) is 5.32 Å². The third kappa shape index (κ3) is 2.40.